The van der Waals surface area contributed by atoms with Crippen LogP contribution in [0.4, 0.5) is 0 Å². The fourth-order valence-corrected chi connectivity index (χ4v) is 2.99. The molecule has 0 saturated heterocycles. The molecule has 1 saturated carbocycles. The van der Waals surface area contributed by atoms with Crippen molar-refractivity contribution in [2.75, 3.05) is 27.2 Å². The number of benzene rings is 1. The van der Waals surface area contributed by atoms with Gasteiger partial charge in [0.25, 0.3) is 0 Å². The molecule has 1 amide bonds. The van der Waals surface area contributed by atoms with Crippen molar-refractivity contribution in [1.82, 2.24) is 15.5 Å². The Balaban J connectivity index is 0.00000338. The zero-order chi connectivity index (χ0) is 18.3. The second-order valence-corrected chi connectivity index (χ2v) is 7.26. The van der Waals surface area contributed by atoms with Crippen LogP contribution < -0.4 is 10.6 Å². The maximum Gasteiger partial charge on any atom is 0.243 e. The highest BCUT2D eigenvalue weighted by Crippen LogP contribution is 2.43. The lowest BCUT2D eigenvalue weighted by Crippen LogP contribution is -2.50. The van der Waals surface area contributed by atoms with Crippen molar-refractivity contribution in [2.24, 2.45) is 4.99 Å². The molecule has 1 fully saturated rings. The van der Waals surface area contributed by atoms with E-state index in [4.69, 9.17) is 0 Å². The summed E-state index contributed by atoms with van der Waals surface area (Å²) in [6.45, 7) is 5.27. The minimum absolute atomic E-state index is 0. The molecule has 0 bridgehead atoms. The average Bonchev–Trinajstić information content (AvgIpc) is 2.58. The Morgan fingerprint density at radius 3 is 2.42 bits per heavy atom. The molecule has 1 unspecified atom stereocenters. The topological polar surface area (TPSA) is 56.7 Å². The van der Waals surface area contributed by atoms with Gasteiger partial charge in [-0.15, -0.1) is 24.0 Å². The maximum atomic E-state index is 11.9. The third-order valence-corrected chi connectivity index (χ3v) is 5.16. The van der Waals surface area contributed by atoms with E-state index in [0.29, 0.717) is 6.04 Å². The first kappa shape index (κ1) is 22.7. The van der Waals surface area contributed by atoms with E-state index in [0.717, 1.165) is 18.9 Å². The van der Waals surface area contributed by atoms with Gasteiger partial charge in [-0.3, -0.25) is 4.79 Å². The molecule has 2 N–H and O–H groups in total. The number of amides is 1. The highest BCUT2D eigenvalue weighted by Gasteiger charge is 2.38. The summed E-state index contributed by atoms with van der Waals surface area (Å²) in [6, 6.07) is 11.0. The zero-order valence-corrected chi connectivity index (χ0v) is 18.7. The number of carbonyl (C=O) groups is 1. The molecule has 5 nitrogen and oxygen atoms in total. The Bertz CT molecular complexity index is 585. The summed E-state index contributed by atoms with van der Waals surface area (Å²) in [5, 5.41) is 6.89. The van der Waals surface area contributed by atoms with E-state index in [2.05, 4.69) is 59.8 Å². The van der Waals surface area contributed by atoms with Gasteiger partial charge >= 0.3 is 0 Å². The van der Waals surface area contributed by atoms with Crippen LogP contribution >= 0.6 is 24.0 Å². The highest BCUT2D eigenvalue weighted by molar-refractivity contribution is 14.0. The van der Waals surface area contributed by atoms with Crippen molar-refractivity contribution in [2.45, 2.75) is 51.0 Å². The van der Waals surface area contributed by atoms with Crippen molar-refractivity contribution in [3.8, 4) is 0 Å². The fraction of sp³-hybridized carbons (Fsp3) is 0.600. The van der Waals surface area contributed by atoms with Crippen molar-refractivity contribution < 1.29 is 4.79 Å². The highest BCUT2D eigenvalue weighted by atomic mass is 127. The monoisotopic (exact) mass is 472 g/mol. The van der Waals surface area contributed by atoms with E-state index in [1.807, 2.05) is 0 Å². The van der Waals surface area contributed by atoms with Gasteiger partial charge in [0.1, 0.15) is 6.54 Å². The third-order valence-electron chi connectivity index (χ3n) is 5.16. The summed E-state index contributed by atoms with van der Waals surface area (Å²) in [5.74, 6) is 0.735. The third kappa shape index (κ3) is 6.14. The molecular formula is C20H33IN4O. The number of hydrogen-bond acceptors (Lipinski definition) is 2. The lowest BCUT2D eigenvalue weighted by atomic mass is 9.64. The van der Waals surface area contributed by atoms with Gasteiger partial charge in [0, 0.05) is 32.1 Å². The first-order chi connectivity index (χ1) is 12.0. The smallest absolute Gasteiger partial charge is 0.243 e. The van der Waals surface area contributed by atoms with E-state index >= 15 is 0 Å². The predicted molar refractivity (Wildman–Crippen MR) is 119 cm³/mol. The van der Waals surface area contributed by atoms with Gasteiger partial charge in [-0.25, -0.2) is 4.99 Å². The van der Waals surface area contributed by atoms with Crippen LogP contribution in [-0.2, 0) is 10.2 Å². The molecule has 0 aliphatic heterocycles. The summed E-state index contributed by atoms with van der Waals surface area (Å²) in [5.41, 5.74) is 1.58. The number of aliphatic imine (C=N–C) groups is 1. The molecule has 146 valence electrons. The molecule has 1 aromatic rings. The van der Waals surface area contributed by atoms with Crippen LogP contribution in [0.25, 0.3) is 0 Å². The summed E-state index contributed by atoms with van der Waals surface area (Å²) in [7, 11) is 3.51. The summed E-state index contributed by atoms with van der Waals surface area (Å²) in [4.78, 5) is 17.9. The lowest BCUT2D eigenvalue weighted by Gasteiger charge is -2.43. The normalized spacial score (nSPS) is 16.7. The number of nitrogens with zero attached hydrogens (tertiary/aromatic N) is 2. The second-order valence-electron chi connectivity index (χ2n) is 7.26. The van der Waals surface area contributed by atoms with E-state index in [1.54, 1.807) is 19.0 Å². The van der Waals surface area contributed by atoms with Crippen molar-refractivity contribution in [1.29, 1.82) is 0 Å². The summed E-state index contributed by atoms with van der Waals surface area (Å²) >= 11 is 0. The molecule has 0 heterocycles. The molecule has 0 radical (unpaired) electrons. The van der Waals surface area contributed by atoms with Crippen LogP contribution in [0.5, 0.6) is 0 Å². The number of halogens is 1. The van der Waals surface area contributed by atoms with Crippen molar-refractivity contribution >= 4 is 35.8 Å². The molecule has 1 aliphatic carbocycles. The Hall–Kier alpha value is -1.31. The van der Waals surface area contributed by atoms with E-state index < -0.39 is 0 Å². The van der Waals surface area contributed by atoms with Gasteiger partial charge < -0.3 is 15.5 Å². The van der Waals surface area contributed by atoms with Gasteiger partial charge in [0.15, 0.2) is 5.96 Å². The van der Waals surface area contributed by atoms with Crippen LogP contribution in [0.15, 0.2) is 35.3 Å². The van der Waals surface area contributed by atoms with Crippen LogP contribution in [0.1, 0.15) is 45.1 Å². The number of rotatable bonds is 7. The maximum absolute atomic E-state index is 11.9. The van der Waals surface area contributed by atoms with Crippen molar-refractivity contribution in [3.05, 3.63) is 35.9 Å². The molecule has 0 aromatic heterocycles. The minimum Gasteiger partial charge on any atom is -0.355 e. The fourth-order valence-electron chi connectivity index (χ4n) is 2.99. The van der Waals surface area contributed by atoms with Gasteiger partial charge in [0.2, 0.25) is 5.91 Å². The van der Waals surface area contributed by atoms with Gasteiger partial charge in [-0.05, 0) is 31.7 Å². The Kier molecular flexibility index (Phi) is 9.39. The number of hydrogen-bond donors (Lipinski definition) is 2. The zero-order valence-electron chi connectivity index (χ0n) is 16.4. The lowest BCUT2D eigenvalue weighted by molar-refractivity contribution is -0.127. The predicted octanol–water partition coefficient (Wildman–Crippen LogP) is 3.15. The van der Waals surface area contributed by atoms with Crippen LogP contribution in [0.2, 0.25) is 0 Å². The summed E-state index contributed by atoms with van der Waals surface area (Å²) < 4.78 is 0. The molecule has 1 aromatic carbocycles. The molecular weight excluding hydrogens is 439 g/mol. The number of guanidine groups is 1. The Labute approximate surface area is 175 Å². The quantitative estimate of drug-likeness (QED) is 0.364. The van der Waals surface area contributed by atoms with E-state index in [9.17, 15) is 4.79 Å². The SMILES string of the molecule is CCC(C)NC(=NCC(=O)N(C)C)NCC1(c2ccccc2)CCC1.I. The number of carbonyl (C=O) groups excluding carboxylic acids is 1. The number of likely N-dealkylation sites (N-methyl/N-ethyl adjacent to an activating group) is 1. The molecule has 1 atom stereocenters. The molecule has 0 spiro atoms. The Morgan fingerprint density at radius 2 is 1.92 bits per heavy atom. The molecule has 6 heteroatoms. The minimum atomic E-state index is 0. The van der Waals surface area contributed by atoms with Crippen LogP contribution in [-0.4, -0.2) is 50.0 Å². The van der Waals surface area contributed by atoms with Gasteiger partial charge in [-0.2, -0.15) is 0 Å². The molecule has 26 heavy (non-hydrogen) atoms. The van der Waals surface area contributed by atoms with Gasteiger partial charge in [0.05, 0.1) is 0 Å². The van der Waals surface area contributed by atoms with Crippen molar-refractivity contribution in [3.63, 3.8) is 0 Å². The van der Waals surface area contributed by atoms with Crippen LogP contribution in [0.3, 0.4) is 0 Å². The standard InChI is InChI=1S/C20H32N4O.HI/c1-5-16(2)23-19(21-14-18(25)24(3)4)22-15-20(12-9-13-20)17-10-7-6-8-11-17;/h6-8,10-11,16H,5,9,12-15H2,1-4H3,(H2,21,22,23);1H. The average molecular weight is 472 g/mol. The Morgan fingerprint density at radius 1 is 1.27 bits per heavy atom. The molecule has 1 aliphatic rings. The van der Waals surface area contributed by atoms with E-state index in [-0.39, 0.29) is 41.8 Å². The van der Waals surface area contributed by atoms with Crippen LogP contribution in [0, 0.1) is 0 Å². The molecule has 2 rings (SSSR count). The first-order valence-electron chi connectivity index (χ1n) is 9.27. The van der Waals surface area contributed by atoms with Gasteiger partial charge in [-0.1, -0.05) is 43.7 Å². The number of nitrogens with one attached hydrogen (secondary N) is 2. The largest absolute Gasteiger partial charge is 0.355 e. The van der Waals surface area contributed by atoms with E-state index in [1.165, 1.54) is 24.8 Å². The first-order valence-corrected chi connectivity index (χ1v) is 9.27. The second kappa shape index (κ2) is 10.7. The summed E-state index contributed by atoms with van der Waals surface area (Å²) in [6.07, 6.45) is 4.65.